The van der Waals surface area contributed by atoms with E-state index in [1.165, 1.54) is 10.4 Å². The Morgan fingerprint density at radius 1 is 1.47 bits per heavy atom. The molecule has 1 N–H and O–H groups in total. The lowest BCUT2D eigenvalue weighted by Crippen LogP contribution is -2.51. The van der Waals surface area contributed by atoms with Gasteiger partial charge in [-0.1, -0.05) is 6.07 Å². The zero-order valence-corrected chi connectivity index (χ0v) is 11.9. The second-order valence-electron chi connectivity index (χ2n) is 4.81. The summed E-state index contributed by atoms with van der Waals surface area (Å²) in [5.74, 6) is 0. The van der Waals surface area contributed by atoms with Crippen LogP contribution in [0.1, 0.15) is 18.1 Å². The van der Waals surface area contributed by atoms with Crippen molar-refractivity contribution in [1.29, 1.82) is 5.26 Å². The SMILES string of the molecule is Cc1ccc(C#N)cc1S(=O)(=O)N1CCN[C@H](C)C1. The minimum Gasteiger partial charge on any atom is -0.312 e. The Labute approximate surface area is 113 Å². The van der Waals surface area contributed by atoms with E-state index in [9.17, 15) is 8.42 Å². The molecule has 5 nitrogen and oxygen atoms in total. The van der Waals surface area contributed by atoms with Gasteiger partial charge in [0.25, 0.3) is 0 Å². The maximum Gasteiger partial charge on any atom is 0.243 e. The molecule has 0 bridgehead atoms. The lowest BCUT2D eigenvalue weighted by atomic mass is 10.2. The van der Waals surface area contributed by atoms with Gasteiger partial charge in [-0.25, -0.2) is 8.42 Å². The van der Waals surface area contributed by atoms with Gasteiger partial charge in [-0.3, -0.25) is 0 Å². The molecular formula is C13H17N3O2S. The Bertz CT molecular complexity index is 619. The Balaban J connectivity index is 2.42. The van der Waals surface area contributed by atoms with Crippen LogP contribution in [-0.2, 0) is 10.0 Å². The number of nitriles is 1. The monoisotopic (exact) mass is 279 g/mol. The van der Waals surface area contributed by atoms with Crippen LogP contribution in [0.4, 0.5) is 0 Å². The fraction of sp³-hybridized carbons (Fsp3) is 0.462. The van der Waals surface area contributed by atoms with Crippen LogP contribution in [0.2, 0.25) is 0 Å². The average Bonchev–Trinajstić information content (AvgIpc) is 2.39. The number of piperazine rings is 1. The summed E-state index contributed by atoms with van der Waals surface area (Å²) in [6.45, 7) is 5.28. The molecule has 1 saturated heterocycles. The van der Waals surface area contributed by atoms with Crippen LogP contribution in [0.25, 0.3) is 0 Å². The van der Waals surface area contributed by atoms with Crippen molar-refractivity contribution in [3.63, 3.8) is 0 Å². The van der Waals surface area contributed by atoms with E-state index in [0.29, 0.717) is 30.8 Å². The number of rotatable bonds is 2. The minimum absolute atomic E-state index is 0.142. The quantitative estimate of drug-likeness (QED) is 0.871. The predicted molar refractivity (Wildman–Crippen MR) is 72.1 cm³/mol. The van der Waals surface area contributed by atoms with E-state index in [0.717, 1.165) is 0 Å². The predicted octanol–water partition coefficient (Wildman–Crippen LogP) is 0.849. The van der Waals surface area contributed by atoms with Crippen LogP contribution >= 0.6 is 0 Å². The van der Waals surface area contributed by atoms with Crippen LogP contribution in [0, 0.1) is 18.3 Å². The summed E-state index contributed by atoms with van der Waals surface area (Å²) in [5.41, 5.74) is 1.04. The normalized spacial score (nSPS) is 21.0. The molecule has 1 heterocycles. The van der Waals surface area contributed by atoms with Gasteiger partial charge in [0, 0.05) is 25.7 Å². The summed E-state index contributed by atoms with van der Waals surface area (Å²) in [4.78, 5) is 0.237. The summed E-state index contributed by atoms with van der Waals surface area (Å²) in [5, 5.41) is 12.1. The first kappa shape index (κ1) is 14.0. The van der Waals surface area contributed by atoms with Crippen molar-refractivity contribution in [1.82, 2.24) is 9.62 Å². The molecular weight excluding hydrogens is 262 g/mol. The molecule has 0 saturated carbocycles. The number of hydrogen-bond donors (Lipinski definition) is 1. The highest BCUT2D eigenvalue weighted by Crippen LogP contribution is 2.22. The fourth-order valence-electron chi connectivity index (χ4n) is 2.20. The highest BCUT2D eigenvalue weighted by molar-refractivity contribution is 7.89. The standard InChI is InChI=1S/C13H17N3O2S/c1-10-3-4-12(8-14)7-13(10)19(17,18)16-6-5-15-11(2)9-16/h3-4,7,11,15H,5-6,9H2,1-2H3/t11-/m1/s1. The first-order valence-electron chi connectivity index (χ1n) is 6.19. The van der Waals surface area contributed by atoms with Crippen LogP contribution in [0.15, 0.2) is 23.1 Å². The highest BCUT2D eigenvalue weighted by Gasteiger charge is 2.29. The second kappa shape index (κ2) is 5.29. The van der Waals surface area contributed by atoms with Crippen LogP contribution in [0.5, 0.6) is 0 Å². The number of nitrogens with zero attached hydrogens (tertiary/aromatic N) is 2. The molecule has 1 aliphatic heterocycles. The first-order chi connectivity index (χ1) is 8.95. The maximum atomic E-state index is 12.6. The molecule has 19 heavy (non-hydrogen) atoms. The van der Waals surface area contributed by atoms with Gasteiger partial charge in [0.2, 0.25) is 10.0 Å². The molecule has 0 aliphatic carbocycles. The summed E-state index contributed by atoms with van der Waals surface area (Å²) >= 11 is 0. The number of nitrogens with one attached hydrogen (secondary N) is 1. The maximum absolute atomic E-state index is 12.6. The fourth-order valence-corrected chi connectivity index (χ4v) is 3.98. The van der Waals surface area contributed by atoms with Crippen LogP contribution in [0.3, 0.4) is 0 Å². The van der Waals surface area contributed by atoms with E-state index in [-0.39, 0.29) is 10.9 Å². The van der Waals surface area contributed by atoms with Gasteiger partial charge in [0.1, 0.15) is 0 Å². The molecule has 102 valence electrons. The largest absolute Gasteiger partial charge is 0.312 e. The van der Waals surface area contributed by atoms with E-state index in [1.54, 1.807) is 19.1 Å². The molecule has 1 atom stereocenters. The van der Waals surface area contributed by atoms with Crippen molar-refractivity contribution in [2.24, 2.45) is 0 Å². The van der Waals surface area contributed by atoms with E-state index in [1.807, 2.05) is 13.0 Å². The van der Waals surface area contributed by atoms with Crippen molar-refractivity contribution < 1.29 is 8.42 Å². The highest BCUT2D eigenvalue weighted by atomic mass is 32.2. The Morgan fingerprint density at radius 3 is 2.84 bits per heavy atom. The lowest BCUT2D eigenvalue weighted by Gasteiger charge is -2.31. The third-order valence-electron chi connectivity index (χ3n) is 3.27. The van der Waals surface area contributed by atoms with E-state index in [2.05, 4.69) is 5.32 Å². The summed E-state index contributed by atoms with van der Waals surface area (Å²) < 4.78 is 26.7. The van der Waals surface area contributed by atoms with Gasteiger partial charge in [-0.2, -0.15) is 9.57 Å². The number of hydrogen-bond acceptors (Lipinski definition) is 4. The molecule has 0 amide bonds. The van der Waals surface area contributed by atoms with E-state index >= 15 is 0 Å². The topological polar surface area (TPSA) is 73.2 Å². The Kier molecular flexibility index (Phi) is 3.90. The Morgan fingerprint density at radius 2 is 2.21 bits per heavy atom. The molecule has 6 heteroatoms. The Hall–Kier alpha value is -1.42. The second-order valence-corrected chi connectivity index (χ2v) is 6.72. The van der Waals surface area contributed by atoms with Gasteiger partial charge in [-0.15, -0.1) is 0 Å². The molecule has 0 aromatic heterocycles. The minimum atomic E-state index is -3.52. The van der Waals surface area contributed by atoms with Crippen molar-refractivity contribution >= 4 is 10.0 Å². The lowest BCUT2D eigenvalue weighted by molar-refractivity contribution is 0.310. The van der Waals surface area contributed by atoms with Crippen molar-refractivity contribution in [2.45, 2.75) is 24.8 Å². The third-order valence-corrected chi connectivity index (χ3v) is 5.27. The van der Waals surface area contributed by atoms with Gasteiger partial charge in [0.05, 0.1) is 16.5 Å². The molecule has 0 radical (unpaired) electrons. The zero-order valence-electron chi connectivity index (χ0n) is 11.0. The molecule has 0 unspecified atom stereocenters. The summed E-state index contributed by atoms with van der Waals surface area (Å²) in [7, 11) is -3.52. The van der Waals surface area contributed by atoms with Gasteiger partial charge < -0.3 is 5.32 Å². The van der Waals surface area contributed by atoms with Crippen molar-refractivity contribution in [3.8, 4) is 6.07 Å². The molecule has 1 aromatic carbocycles. The van der Waals surface area contributed by atoms with Gasteiger partial charge in [0.15, 0.2) is 0 Å². The van der Waals surface area contributed by atoms with E-state index in [4.69, 9.17) is 5.26 Å². The molecule has 2 rings (SSSR count). The summed E-state index contributed by atoms with van der Waals surface area (Å²) in [6, 6.07) is 6.89. The first-order valence-corrected chi connectivity index (χ1v) is 7.63. The smallest absolute Gasteiger partial charge is 0.243 e. The number of sulfonamides is 1. The number of benzene rings is 1. The van der Waals surface area contributed by atoms with Crippen molar-refractivity contribution in [3.05, 3.63) is 29.3 Å². The number of aryl methyl sites for hydroxylation is 1. The van der Waals surface area contributed by atoms with E-state index < -0.39 is 10.0 Å². The zero-order chi connectivity index (χ0) is 14.0. The van der Waals surface area contributed by atoms with Gasteiger partial charge >= 0.3 is 0 Å². The molecule has 1 fully saturated rings. The molecule has 1 aromatic rings. The van der Waals surface area contributed by atoms with Gasteiger partial charge in [-0.05, 0) is 31.5 Å². The summed E-state index contributed by atoms with van der Waals surface area (Å²) in [6.07, 6.45) is 0. The molecule has 1 aliphatic rings. The molecule has 0 spiro atoms. The third kappa shape index (κ3) is 2.78. The van der Waals surface area contributed by atoms with Crippen LogP contribution < -0.4 is 5.32 Å². The van der Waals surface area contributed by atoms with Crippen molar-refractivity contribution in [2.75, 3.05) is 19.6 Å². The average molecular weight is 279 g/mol. The van der Waals surface area contributed by atoms with Crippen LogP contribution in [-0.4, -0.2) is 38.4 Å².